The predicted molar refractivity (Wildman–Crippen MR) is 84.2 cm³/mol. The molecule has 0 saturated carbocycles. The van der Waals surface area contributed by atoms with Crippen LogP contribution in [-0.2, 0) is 13.1 Å². The molecule has 1 aliphatic rings. The van der Waals surface area contributed by atoms with Gasteiger partial charge in [-0.1, -0.05) is 6.07 Å². The third kappa shape index (κ3) is 3.42. The molecule has 5 nitrogen and oxygen atoms in total. The van der Waals surface area contributed by atoms with Crippen molar-refractivity contribution in [3.05, 3.63) is 42.6 Å². The summed E-state index contributed by atoms with van der Waals surface area (Å²) >= 11 is 0. The summed E-state index contributed by atoms with van der Waals surface area (Å²) in [5, 5.41) is 3.64. The molecule has 0 aromatic carbocycles. The van der Waals surface area contributed by atoms with Gasteiger partial charge in [0, 0.05) is 44.3 Å². The van der Waals surface area contributed by atoms with Crippen LogP contribution in [0.4, 0.5) is 5.82 Å². The number of anilines is 1. The monoisotopic (exact) mass is 285 g/mol. The van der Waals surface area contributed by atoms with Crippen molar-refractivity contribution in [2.45, 2.75) is 38.9 Å². The number of rotatable bonds is 5. The van der Waals surface area contributed by atoms with Gasteiger partial charge in [0.1, 0.15) is 11.6 Å². The van der Waals surface area contributed by atoms with Crippen LogP contribution < -0.4 is 10.2 Å². The van der Waals surface area contributed by atoms with Gasteiger partial charge in [-0.3, -0.25) is 0 Å². The number of nitrogens with zero attached hydrogens (tertiary/aromatic N) is 4. The van der Waals surface area contributed by atoms with E-state index >= 15 is 0 Å². The Labute approximate surface area is 126 Å². The van der Waals surface area contributed by atoms with Crippen molar-refractivity contribution in [2.75, 3.05) is 18.0 Å². The van der Waals surface area contributed by atoms with Crippen LogP contribution >= 0.6 is 0 Å². The highest BCUT2D eigenvalue weighted by Gasteiger charge is 2.19. The summed E-state index contributed by atoms with van der Waals surface area (Å²) in [6.07, 6.45) is 8.10. The molecule has 0 atom stereocenters. The highest BCUT2D eigenvalue weighted by atomic mass is 15.2. The van der Waals surface area contributed by atoms with E-state index in [2.05, 4.69) is 43.8 Å². The van der Waals surface area contributed by atoms with E-state index in [1.165, 1.54) is 0 Å². The van der Waals surface area contributed by atoms with Gasteiger partial charge < -0.3 is 14.8 Å². The third-order valence-corrected chi connectivity index (χ3v) is 4.16. The number of pyridine rings is 1. The normalized spacial score (nSPS) is 16.3. The van der Waals surface area contributed by atoms with Crippen molar-refractivity contribution in [3.8, 4) is 0 Å². The van der Waals surface area contributed by atoms with E-state index in [0.717, 1.165) is 50.7 Å². The molecule has 1 fully saturated rings. The van der Waals surface area contributed by atoms with Gasteiger partial charge >= 0.3 is 0 Å². The van der Waals surface area contributed by atoms with E-state index < -0.39 is 0 Å². The molecule has 21 heavy (non-hydrogen) atoms. The molecule has 0 amide bonds. The topological polar surface area (TPSA) is 46.0 Å². The molecule has 3 rings (SSSR count). The van der Waals surface area contributed by atoms with Crippen LogP contribution in [0.1, 0.15) is 25.6 Å². The van der Waals surface area contributed by atoms with Gasteiger partial charge in [0.05, 0.1) is 6.54 Å². The van der Waals surface area contributed by atoms with Crippen LogP contribution in [0.3, 0.4) is 0 Å². The van der Waals surface area contributed by atoms with Gasteiger partial charge in [0.15, 0.2) is 0 Å². The molecule has 0 unspecified atom stereocenters. The molecule has 0 bridgehead atoms. The Balaban J connectivity index is 1.48. The number of aryl methyl sites for hydroxylation is 1. The van der Waals surface area contributed by atoms with E-state index in [1.807, 2.05) is 24.7 Å². The molecule has 1 aliphatic heterocycles. The van der Waals surface area contributed by atoms with Crippen LogP contribution in [0.15, 0.2) is 36.8 Å². The van der Waals surface area contributed by atoms with Crippen LogP contribution in [0, 0.1) is 0 Å². The molecular weight excluding hydrogens is 262 g/mol. The Morgan fingerprint density at radius 2 is 2.05 bits per heavy atom. The third-order valence-electron chi connectivity index (χ3n) is 4.16. The van der Waals surface area contributed by atoms with Crippen molar-refractivity contribution in [3.63, 3.8) is 0 Å². The number of imidazole rings is 1. The van der Waals surface area contributed by atoms with E-state index in [-0.39, 0.29) is 0 Å². The Kier molecular flexibility index (Phi) is 4.50. The lowest BCUT2D eigenvalue weighted by Gasteiger charge is -2.33. The molecule has 3 heterocycles. The second-order valence-electron chi connectivity index (χ2n) is 5.46. The second kappa shape index (κ2) is 6.72. The lowest BCUT2D eigenvalue weighted by Crippen LogP contribution is -2.42. The Morgan fingerprint density at radius 3 is 2.76 bits per heavy atom. The summed E-state index contributed by atoms with van der Waals surface area (Å²) in [4.78, 5) is 11.2. The van der Waals surface area contributed by atoms with Crippen molar-refractivity contribution in [1.29, 1.82) is 0 Å². The Hall–Kier alpha value is -1.88. The first-order valence-corrected chi connectivity index (χ1v) is 7.76. The van der Waals surface area contributed by atoms with Crippen LogP contribution in [0.5, 0.6) is 0 Å². The largest absolute Gasteiger partial charge is 0.357 e. The highest BCUT2D eigenvalue weighted by Crippen LogP contribution is 2.17. The fourth-order valence-corrected chi connectivity index (χ4v) is 2.88. The summed E-state index contributed by atoms with van der Waals surface area (Å²) in [5.74, 6) is 2.22. The lowest BCUT2D eigenvalue weighted by atomic mass is 10.1. The molecule has 2 aromatic heterocycles. The highest BCUT2D eigenvalue weighted by molar-refractivity contribution is 5.38. The maximum Gasteiger partial charge on any atom is 0.128 e. The average Bonchev–Trinajstić information content (AvgIpc) is 3.02. The number of hydrogen-bond acceptors (Lipinski definition) is 4. The van der Waals surface area contributed by atoms with Gasteiger partial charge in [-0.25, -0.2) is 9.97 Å². The van der Waals surface area contributed by atoms with Gasteiger partial charge in [-0.05, 0) is 31.9 Å². The number of piperidine rings is 1. The molecule has 112 valence electrons. The molecule has 0 radical (unpaired) electrons. The molecule has 1 N–H and O–H groups in total. The quantitative estimate of drug-likeness (QED) is 0.913. The van der Waals surface area contributed by atoms with Crippen molar-refractivity contribution >= 4 is 5.82 Å². The standard InChI is InChI=1S/C16H23N5/c1-2-20-12-9-18-16(20)13-19-14-6-10-21(11-7-14)15-5-3-4-8-17-15/h3-5,8-9,12,14,19H,2,6-7,10-11,13H2,1H3. The Morgan fingerprint density at radius 1 is 1.19 bits per heavy atom. The van der Waals surface area contributed by atoms with Gasteiger partial charge in [-0.2, -0.15) is 0 Å². The molecule has 2 aromatic rings. The van der Waals surface area contributed by atoms with E-state index in [4.69, 9.17) is 0 Å². The molecular formula is C16H23N5. The van der Waals surface area contributed by atoms with Gasteiger partial charge in [-0.15, -0.1) is 0 Å². The summed E-state index contributed by atoms with van der Waals surface area (Å²) in [6, 6.07) is 6.68. The van der Waals surface area contributed by atoms with E-state index in [1.54, 1.807) is 0 Å². The summed E-state index contributed by atoms with van der Waals surface area (Å²) in [7, 11) is 0. The van der Waals surface area contributed by atoms with Crippen molar-refractivity contribution < 1.29 is 0 Å². The minimum atomic E-state index is 0.576. The van der Waals surface area contributed by atoms with Gasteiger partial charge in [0.25, 0.3) is 0 Å². The van der Waals surface area contributed by atoms with Gasteiger partial charge in [0.2, 0.25) is 0 Å². The SMILES string of the molecule is CCn1ccnc1CNC1CCN(c2ccccn2)CC1. The average molecular weight is 285 g/mol. The van der Waals surface area contributed by atoms with Crippen LogP contribution in [-0.4, -0.2) is 33.7 Å². The zero-order chi connectivity index (χ0) is 14.5. The predicted octanol–water partition coefficient (Wildman–Crippen LogP) is 2.06. The van der Waals surface area contributed by atoms with Crippen LogP contribution in [0.2, 0.25) is 0 Å². The van der Waals surface area contributed by atoms with E-state index in [9.17, 15) is 0 Å². The first-order valence-electron chi connectivity index (χ1n) is 7.76. The first kappa shape index (κ1) is 14.1. The van der Waals surface area contributed by atoms with Crippen molar-refractivity contribution in [1.82, 2.24) is 19.9 Å². The zero-order valence-corrected chi connectivity index (χ0v) is 12.6. The smallest absolute Gasteiger partial charge is 0.128 e. The Bertz CT molecular complexity index is 543. The number of aromatic nitrogens is 3. The number of nitrogens with one attached hydrogen (secondary N) is 1. The summed E-state index contributed by atoms with van der Waals surface area (Å²) in [5.41, 5.74) is 0. The maximum atomic E-state index is 4.43. The fraction of sp³-hybridized carbons (Fsp3) is 0.500. The minimum absolute atomic E-state index is 0.576. The fourth-order valence-electron chi connectivity index (χ4n) is 2.88. The first-order chi connectivity index (χ1) is 10.4. The molecule has 0 spiro atoms. The maximum absolute atomic E-state index is 4.43. The summed E-state index contributed by atoms with van der Waals surface area (Å²) < 4.78 is 2.19. The molecule has 0 aliphatic carbocycles. The molecule has 5 heteroatoms. The van der Waals surface area contributed by atoms with E-state index in [0.29, 0.717) is 6.04 Å². The molecule has 1 saturated heterocycles. The lowest BCUT2D eigenvalue weighted by molar-refractivity contribution is 0.405. The number of hydrogen-bond donors (Lipinski definition) is 1. The summed E-state index contributed by atoms with van der Waals surface area (Å²) in [6.45, 7) is 6.12. The van der Waals surface area contributed by atoms with Crippen molar-refractivity contribution in [2.24, 2.45) is 0 Å². The minimum Gasteiger partial charge on any atom is -0.357 e. The zero-order valence-electron chi connectivity index (χ0n) is 12.6. The van der Waals surface area contributed by atoms with Crippen LogP contribution in [0.25, 0.3) is 0 Å². The second-order valence-corrected chi connectivity index (χ2v) is 5.46.